The van der Waals surface area contributed by atoms with Gasteiger partial charge in [0.15, 0.2) is 11.5 Å². The van der Waals surface area contributed by atoms with E-state index >= 15 is 0 Å². The highest BCUT2D eigenvalue weighted by atomic mass is 35.5. The molecule has 212 valence electrons. The van der Waals surface area contributed by atoms with Gasteiger partial charge in [0.2, 0.25) is 0 Å². The highest BCUT2D eigenvalue weighted by molar-refractivity contribution is 7.23. The van der Waals surface area contributed by atoms with Crippen molar-refractivity contribution in [2.75, 3.05) is 25.1 Å². The van der Waals surface area contributed by atoms with Gasteiger partial charge in [-0.15, -0.1) is 35.1 Å². The van der Waals surface area contributed by atoms with Crippen molar-refractivity contribution in [3.63, 3.8) is 0 Å². The van der Waals surface area contributed by atoms with Gasteiger partial charge in [0.05, 0.1) is 23.4 Å². The van der Waals surface area contributed by atoms with Crippen molar-refractivity contribution >= 4 is 56.2 Å². The summed E-state index contributed by atoms with van der Waals surface area (Å²) in [6, 6.07) is 24.1. The molecule has 6 nitrogen and oxygen atoms in total. The van der Waals surface area contributed by atoms with Gasteiger partial charge in [-0.05, 0) is 61.7 Å². The molecule has 1 aliphatic heterocycles. The first-order chi connectivity index (χ1) is 19.6. The normalized spacial score (nSPS) is 12.9. The van der Waals surface area contributed by atoms with E-state index in [0.29, 0.717) is 30.3 Å². The van der Waals surface area contributed by atoms with Crippen LogP contribution in [0.25, 0.3) is 20.8 Å². The summed E-state index contributed by atoms with van der Waals surface area (Å²) in [5.41, 5.74) is 5.17. The van der Waals surface area contributed by atoms with E-state index in [1.54, 1.807) is 40.9 Å². The zero-order valence-electron chi connectivity index (χ0n) is 23.0. The number of carbonyl (C=O) groups is 1. The fourth-order valence-electron chi connectivity index (χ4n) is 5.09. The standard InChI is InChI=1S/C32H31N3O3S2.ClH/c1-3-37-25-15-14-22(18-26(25)38-4-2)30(36)34-32-29(31-33-24-12-8-9-13-27(24)39-31)23-16-17-35(20-28(23)40-32)19-21-10-6-5-7-11-21;/h5-15,18H,3-4,16-17,19-20H2,1-2H3,(H,34,36);1H. The fourth-order valence-corrected chi connectivity index (χ4v) is 7.49. The number of amides is 1. The molecule has 0 radical (unpaired) electrons. The first-order valence-electron chi connectivity index (χ1n) is 13.6. The molecule has 0 saturated heterocycles. The van der Waals surface area contributed by atoms with Crippen molar-refractivity contribution in [2.45, 2.75) is 33.4 Å². The van der Waals surface area contributed by atoms with Crippen molar-refractivity contribution in [2.24, 2.45) is 0 Å². The molecule has 2 aromatic heterocycles. The van der Waals surface area contributed by atoms with Crippen LogP contribution in [-0.4, -0.2) is 35.5 Å². The second-order valence-electron chi connectivity index (χ2n) is 9.62. The molecule has 6 rings (SSSR count). The molecule has 0 aliphatic carbocycles. The number of hydrogen-bond acceptors (Lipinski definition) is 7. The maximum atomic E-state index is 13.6. The van der Waals surface area contributed by atoms with E-state index < -0.39 is 0 Å². The van der Waals surface area contributed by atoms with E-state index in [9.17, 15) is 4.79 Å². The minimum Gasteiger partial charge on any atom is -0.490 e. The highest BCUT2D eigenvalue weighted by Gasteiger charge is 2.28. The minimum atomic E-state index is -0.175. The number of ether oxygens (including phenoxy) is 2. The lowest BCUT2D eigenvalue weighted by Gasteiger charge is -2.27. The number of thiophene rings is 1. The van der Waals surface area contributed by atoms with Crippen molar-refractivity contribution in [3.8, 4) is 22.1 Å². The van der Waals surface area contributed by atoms with Crippen molar-refractivity contribution in [1.29, 1.82) is 0 Å². The largest absolute Gasteiger partial charge is 0.490 e. The van der Waals surface area contributed by atoms with Crippen LogP contribution in [0.15, 0.2) is 72.8 Å². The number of nitrogens with zero attached hydrogens (tertiary/aromatic N) is 2. The van der Waals surface area contributed by atoms with Gasteiger partial charge in [-0.2, -0.15) is 0 Å². The second kappa shape index (κ2) is 13.0. The number of rotatable bonds is 9. The van der Waals surface area contributed by atoms with Crippen molar-refractivity contribution in [3.05, 3.63) is 94.4 Å². The topological polar surface area (TPSA) is 63.7 Å². The van der Waals surface area contributed by atoms with Gasteiger partial charge in [0.25, 0.3) is 5.91 Å². The Morgan fingerprint density at radius 3 is 2.49 bits per heavy atom. The minimum absolute atomic E-state index is 0. The molecule has 0 unspecified atom stereocenters. The predicted molar refractivity (Wildman–Crippen MR) is 171 cm³/mol. The average Bonchev–Trinajstić information content (AvgIpc) is 3.55. The molecule has 1 N–H and O–H groups in total. The molecule has 41 heavy (non-hydrogen) atoms. The number of thiazole rings is 1. The van der Waals surface area contributed by atoms with Gasteiger partial charge < -0.3 is 14.8 Å². The monoisotopic (exact) mass is 605 g/mol. The summed E-state index contributed by atoms with van der Waals surface area (Å²) in [6.45, 7) is 7.58. The summed E-state index contributed by atoms with van der Waals surface area (Å²) in [7, 11) is 0. The van der Waals surface area contributed by atoms with Gasteiger partial charge in [-0.25, -0.2) is 4.98 Å². The van der Waals surface area contributed by atoms with E-state index in [4.69, 9.17) is 14.5 Å². The number of halogens is 1. The number of nitrogens with one attached hydrogen (secondary N) is 1. The zero-order valence-corrected chi connectivity index (χ0v) is 25.5. The Kier molecular flexibility index (Phi) is 9.25. The van der Waals surface area contributed by atoms with Crippen LogP contribution in [0.3, 0.4) is 0 Å². The maximum Gasteiger partial charge on any atom is 0.256 e. The first-order valence-corrected chi connectivity index (χ1v) is 15.2. The third-order valence-electron chi connectivity index (χ3n) is 6.93. The fraction of sp³-hybridized carbons (Fsp3) is 0.250. The first kappa shape index (κ1) is 29.1. The molecular weight excluding hydrogens is 574 g/mol. The Hall–Kier alpha value is -3.43. The van der Waals surface area contributed by atoms with E-state index in [1.807, 2.05) is 32.0 Å². The number of para-hydroxylation sites is 1. The van der Waals surface area contributed by atoms with Gasteiger partial charge in [-0.3, -0.25) is 9.69 Å². The molecule has 9 heteroatoms. The number of benzene rings is 3. The summed E-state index contributed by atoms with van der Waals surface area (Å²) in [4.78, 5) is 22.3. The van der Waals surface area contributed by atoms with Gasteiger partial charge in [0.1, 0.15) is 10.0 Å². The number of anilines is 1. The Bertz CT molecular complexity index is 1620. The smallest absolute Gasteiger partial charge is 0.256 e. The quantitative estimate of drug-likeness (QED) is 0.184. The second-order valence-corrected chi connectivity index (χ2v) is 11.8. The molecule has 0 bridgehead atoms. The molecule has 0 saturated carbocycles. The van der Waals surface area contributed by atoms with Gasteiger partial charge in [-0.1, -0.05) is 42.5 Å². The van der Waals surface area contributed by atoms with Crippen molar-refractivity contribution in [1.82, 2.24) is 9.88 Å². The van der Waals surface area contributed by atoms with E-state index in [0.717, 1.165) is 51.8 Å². The predicted octanol–water partition coefficient (Wildman–Crippen LogP) is 8.05. The molecule has 5 aromatic rings. The molecule has 0 atom stereocenters. The van der Waals surface area contributed by atoms with Crippen LogP contribution in [0, 0.1) is 0 Å². The molecule has 3 heterocycles. The Morgan fingerprint density at radius 2 is 1.71 bits per heavy atom. The zero-order chi connectivity index (χ0) is 27.5. The van der Waals surface area contributed by atoms with Gasteiger partial charge >= 0.3 is 0 Å². The highest BCUT2D eigenvalue weighted by Crippen LogP contribution is 2.46. The van der Waals surface area contributed by atoms with Crippen LogP contribution >= 0.6 is 35.1 Å². The number of aromatic nitrogens is 1. The van der Waals surface area contributed by atoms with Crippen LogP contribution in [0.5, 0.6) is 11.5 Å². The van der Waals surface area contributed by atoms with Crippen LogP contribution in [-0.2, 0) is 19.5 Å². The molecule has 1 aliphatic rings. The molecule has 1 amide bonds. The number of hydrogen-bond donors (Lipinski definition) is 1. The van der Waals surface area contributed by atoms with E-state index in [1.165, 1.54) is 16.0 Å². The van der Waals surface area contributed by atoms with Crippen LogP contribution in [0.1, 0.15) is 40.2 Å². The average molecular weight is 606 g/mol. The summed E-state index contributed by atoms with van der Waals surface area (Å²) < 4.78 is 12.6. The Balaban J connectivity index is 0.00000337. The summed E-state index contributed by atoms with van der Waals surface area (Å²) in [5.74, 6) is 1.04. The SMILES string of the molecule is CCOc1ccc(C(=O)Nc2sc3c(c2-c2nc4ccccc4s2)CCN(Cc2ccccc2)C3)cc1OCC.Cl. The molecule has 0 fully saturated rings. The number of fused-ring (bicyclic) bond motifs is 2. The lowest BCUT2D eigenvalue weighted by atomic mass is 10.0. The molecule has 0 spiro atoms. The third-order valence-corrected chi connectivity index (χ3v) is 9.11. The maximum absolute atomic E-state index is 13.6. The number of carbonyl (C=O) groups excluding carboxylic acids is 1. The van der Waals surface area contributed by atoms with Crippen LogP contribution in [0.2, 0.25) is 0 Å². The van der Waals surface area contributed by atoms with E-state index in [-0.39, 0.29) is 18.3 Å². The van der Waals surface area contributed by atoms with Crippen LogP contribution < -0.4 is 14.8 Å². The van der Waals surface area contributed by atoms with Crippen molar-refractivity contribution < 1.29 is 14.3 Å². The molecular formula is C32H32ClN3O3S2. The summed E-state index contributed by atoms with van der Waals surface area (Å²) in [6.07, 6.45) is 0.914. The summed E-state index contributed by atoms with van der Waals surface area (Å²) in [5, 5.41) is 5.04. The lowest BCUT2D eigenvalue weighted by Crippen LogP contribution is -2.29. The summed E-state index contributed by atoms with van der Waals surface area (Å²) >= 11 is 3.35. The molecule has 3 aromatic carbocycles. The Morgan fingerprint density at radius 1 is 0.951 bits per heavy atom. The van der Waals surface area contributed by atoms with Crippen LogP contribution in [0.4, 0.5) is 5.00 Å². The lowest BCUT2D eigenvalue weighted by molar-refractivity contribution is 0.102. The van der Waals surface area contributed by atoms with E-state index in [2.05, 4.69) is 46.6 Å². The van der Waals surface area contributed by atoms with Gasteiger partial charge in [0, 0.05) is 35.6 Å². The Labute approximate surface area is 254 Å². The third kappa shape index (κ3) is 6.26.